The molecular formula is C14H20I2O2. The van der Waals surface area contributed by atoms with Crippen molar-refractivity contribution in [3.05, 3.63) is 23.0 Å². The lowest BCUT2D eigenvalue weighted by molar-refractivity contribution is 0.0223. The second-order valence-corrected chi connectivity index (χ2v) is 7.52. The third-order valence-corrected chi connectivity index (χ3v) is 6.60. The van der Waals surface area contributed by atoms with E-state index in [0.717, 1.165) is 25.0 Å². The molecule has 0 saturated heterocycles. The first kappa shape index (κ1) is 15.1. The summed E-state index contributed by atoms with van der Waals surface area (Å²) in [6.07, 6.45) is 5.19. The number of alkyl halides is 1. The van der Waals surface area contributed by atoms with Crippen LogP contribution in [0.2, 0.25) is 0 Å². The molecule has 0 aromatic heterocycles. The van der Waals surface area contributed by atoms with Crippen molar-refractivity contribution in [2.75, 3.05) is 0 Å². The Balaban J connectivity index is 2.42. The summed E-state index contributed by atoms with van der Waals surface area (Å²) >= 11 is 4.44. The number of hydrogen-bond donors (Lipinski definition) is 1. The highest BCUT2D eigenvalue weighted by Crippen LogP contribution is 2.53. The maximum atomic E-state index is 10.2. The van der Waals surface area contributed by atoms with Gasteiger partial charge in [-0.25, -0.2) is 0 Å². The van der Waals surface area contributed by atoms with E-state index in [1.54, 1.807) is 0 Å². The van der Waals surface area contributed by atoms with E-state index in [-0.39, 0.29) is 11.5 Å². The van der Waals surface area contributed by atoms with E-state index in [1.165, 1.54) is 11.1 Å². The van der Waals surface area contributed by atoms with E-state index >= 15 is 0 Å². The van der Waals surface area contributed by atoms with Crippen molar-refractivity contribution in [1.82, 2.24) is 0 Å². The average Bonchev–Trinajstić information content (AvgIpc) is 2.35. The number of hydrogen-bond acceptors (Lipinski definition) is 2. The first-order valence-electron chi connectivity index (χ1n) is 6.41. The maximum absolute atomic E-state index is 10.2. The molecule has 0 aliphatic heterocycles. The van der Waals surface area contributed by atoms with Gasteiger partial charge in [0.1, 0.15) is 5.76 Å². The highest BCUT2D eigenvalue weighted by Gasteiger charge is 2.45. The molecule has 1 fully saturated rings. The van der Waals surface area contributed by atoms with Crippen LogP contribution >= 0.6 is 45.6 Å². The molecule has 4 heteroatoms. The lowest BCUT2D eigenvalue weighted by Crippen LogP contribution is -2.43. The Bertz CT molecular complexity index is 403. The van der Waals surface area contributed by atoms with Crippen LogP contribution in [0.5, 0.6) is 0 Å². The summed E-state index contributed by atoms with van der Waals surface area (Å²) in [6, 6.07) is 0. The summed E-state index contributed by atoms with van der Waals surface area (Å²) in [4.78, 5) is 0. The molecule has 2 aliphatic rings. The number of fused-ring (bicyclic) bond motifs is 1. The Morgan fingerprint density at radius 1 is 1.56 bits per heavy atom. The van der Waals surface area contributed by atoms with Crippen LogP contribution in [0.15, 0.2) is 23.0 Å². The number of aliphatic hydroxyl groups excluding tert-OH is 1. The van der Waals surface area contributed by atoms with Crippen molar-refractivity contribution in [1.29, 1.82) is 0 Å². The Hall–Kier alpha value is 0.700. The molecule has 4 atom stereocenters. The molecule has 0 bridgehead atoms. The Morgan fingerprint density at radius 3 is 2.83 bits per heavy atom. The molecule has 4 unspecified atom stereocenters. The van der Waals surface area contributed by atoms with E-state index < -0.39 is 0 Å². The van der Waals surface area contributed by atoms with Gasteiger partial charge in [0.15, 0.2) is 23.0 Å². The SMILES string of the molecule is C/C(OI)=C1\CC2(C)C(=CC1I)CCC(O)C2C. The lowest BCUT2D eigenvalue weighted by atomic mass is 9.59. The minimum absolute atomic E-state index is 0.102. The lowest BCUT2D eigenvalue weighted by Gasteiger charge is -2.48. The quantitative estimate of drug-likeness (QED) is 0.262. The minimum Gasteiger partial charge on any atom is -0.433 e. The second kappa shape index (κ2) is 5.60. The van der Waals surface area contributed by atoms with Gasteiger partial charge in [0.25, 0.3) is 0 Å². The zero-order chi connectivity index (χ0) is 13.5. The van der Waals surface area contributed by atoms with Crippen LogP contribution in [0, 0.1) is 11.3 Å². The van der Waals surface area contributed by atoms with Gasteiger partial charge in [-0.3, -0.25) is 0 Å². The molecule has 0 spiro atoms. The topological polar surface area (TPSA) is 29.5 Å². The number of halogens is 2. The van der Waals surface area contributed by atoms with Gasteiger partial charge in [0, 0.05) is 0 Å². The van der Waals surface area contributed by atoms with Crippen LogP contribution in [0.25, 0.3) is 0 Å². The van der Waals surface area contributed by atoms with Crippen molar-refractivity contribution in [3.63, 3.8) is 0 Å². The summed E-state index contributed by atoms with van der Waals surface area (Å²) < 4.78 is 5.83. The number of rotatable bonds is 1. The van der Waals surface area contributed by atoms with Gasteiger partial charge in [0.2, 0.25) is 0 Å². The fraction of sp³-hybridized carbons (Fsp3) is 0.714. The molecule has 0 aromatic rings. The first-order chi connectivity index (χ1) is 8.40. The van der Waals surface area contributed by atoms with Gasteiger partial charge < -0.3 is 8.17 Å². The minimum atomic E-state index is -0.167. The van der Waals surface area contributed by atoms with Crippen molar-refractivity contribution in [2.24, 2.45) is 11.3 Å². The van der Waals surface area contributed by atoms with Gasteiger partial charge >= 0.3 is 0 Å². The third kappa shape index (κ3) is 2.49. The Kier molecular flexibility index (Phi) is 4.69. The zero-order valence-corrected chi connectivity index (χ0v) is 15.4. The van der Waals surface area contributed by atoms with Crippen LogP contribution in [-0.2, 0) is 3.07 Å². The van der Waals surface area contributed by atoms with Gasteiger partial charge in [-0.15, -0.1) is 0 Å². The van der Waals surface area contributed by atoms with Crippen LogP contribution in [0.4, 0.5) is 0 Å². The van der Waals surface area contributed by atoms with E-state index in [1.807, 2.05) is 29.9 Å². The van der Waals surface area contributed by atoms with Crippen LogP contribution in [0.3, 0.4) is 0 Å². The molecule has 0 amide bonds. The fourth-order valence-corrected chi connectivity index (χ4v) is 4.62. The normalized spacial score (nSPS) is 43.0. The summed E-state index contributed by atoms with van der Waals surface area (Å²) in [5, 5.41) is 10.2. The summed E-state index contributed by atoms with van der Waals surface area (Å²) in [5.41, 5.74) is 3.01. The van der Waals surface area contributed by atoms with Gasteiger partial charge in [0.05, 0.1) is 10.0 Å². The molecule has 18 heavy (non-hydrogen) atoms. The van der Waals surface area contributed by atoms with Crippen molar-refractivity contribution in [2.45, 2.75) is 50.1 Å². The van der Waals surface area contributed by atoms with E-state index in [4.69, 9.17) is 3.07 Å². The monoisotopic (exact) mass is 474 g/mol. The summed E-state index contributed by atoms with van der Waals surface area (Å²) in [7, 11) is 0. The molecule has 0 radical (unpaired) electrons. The predicted molar refractivity (Wildman–Crippen MR) is 90.8 cm³/mol. The Labute approximate surface area is 137 Å². The number of aliphatic hydroxyl groups is 1. The van der Waals surface area contributed by atoms with E-state index in [0.29, 0.717) is 9.84 Å². The molecule has 102 valence electrons. The molecule has 1 N–H and O–H groups in total. The molecule has 0 heterocycles. The molecule has 2 rings (SSSR count). The highest BCUT2D eigenvalue weighted by atomic mass is 127. The fourth-order valence-electron chi connectivity index (χ4n) is 3.24. The number of allylic oxidation sites excluding steroid dienone is 4. The molecule has 2 nitrogen and oxygen atoms in total. The largest absolute Gasteiger partial charge is 0.433 e. The highest BCUT2D eigenvalue weighted by molar-refractivity contribution is 14.1. The van der Waals surface area contributed by atoms with Crippen LogP contribution in [-0.4, -0.2) is 15.1 Å². The maximum Gasteiger partial charge on any atom is 0.192 e. The van der Waals surface area contributed by atoms with E-state index in [2.05, 4.69) is 42.5 Å². The van der Waals surface area contributed by atoms with Gasteiger partial charge in [-0.05, 0) is 43.1 Å². The predicted octanol–water partition coefficient (Wildman–Crippen LogP) is 4.56. The van der Waals surface area contributed by atoms with E-state index in [9.17, 15) is 5.11 Å². The van der Waals surface area contributed by atoms with Gasteiger partial charge in [-0.1, -0.05) is 48.1 Å². The summed E-state index contributed by atoms with van der Waals surface area (Å²) in [5.74, 6) is 1.34. The zero-order valence-electron chi connectivity index (χ0n) is 11.0. The molecular weight excluding hydrogens is 454 g/mol. The Morgan fingerprint density at radius 2 is 2.22 bits per heavy atom. The van der Waals surface area contributed by atoms with Gasteiger partial charge in [-0.2, -0.15) is 0 Å². The van der Waals surface area contributed by atoms with Crippen LogP contribution < -0.4 is 0 Å². The standard InChI is InChI=1S/C14H20I2O2/c1-8-13(17)5-4-10-6-12(15)11(9(2)18-16)7-14(8,10)3/h6,8,12-13,17H,4-5,7H2,1-3H3/b11-9-. The van der Waals surface area contributed by atoms with Crippen LogP contribution in [0.1, 0.15) is 40.0 Å². The molecule has 0 aromatic carbocycles. The molecule has 2 aliphatic carbocycles. The average molecular weight is 474 g/mol. The second-order valence-electron chi connectivity index (χ2n) is 5.74. The van der Waals surface area contributed by atoms with Crippen molar-refractivity contribution < 1.29 is 8.17 Å². The molecule has 1 saturated carbocycles. The third-order valence-electron chi connectivity index (χ3n) is 4.83. The summed E-state index contributed by atoms with van der Waals surface area (Å²) in [6.45, 7) is 6.53. The van der Waals surface area contributed by atoms with Crippen molar-refractivity contribution >= 4 is 45.6 Å². The first-order valence-corrected chi connectivity index (χ1v) is 8.54. The van der Waals surface area contributed by atoms with Crippen molar-refractivity contribution in [3.8, 4) is 0 Å². The smallest absolute Gasteiger partial charge is 0.192 e.